The lowest BCUT2D eigenvalue weighted by Gasteiger charge is -2.25. The normalized spacial score (nSPS) is 21.7. The van der Waals surface area contributed by atoms with E-state index in [-0.39, 0.29) is 0 Å². The molecular weight excluding hydrogens is 300 g/mol. The molecule has 0 spiro atoms. The van der Waals surface area contributed by atoms with Gasteiger partial charge in [0, 0.05) is 43.7 Å². The first kappa shape index (κ1) is 16.1. The first-order valence-corrected chi connectivity index (χ1v) is 8.00. The van der Waals surface area contributed by atoms with Crippen molar-refractivity contribution in [3.05, 3.63) is 61.1 Å². The molecule has 0 N–H and O–H groups in total. The second-order valence-corrected chi connectivity index (χ2v) is 6.29. The molecule has 3 aliphatic rings. The quantitative estimate of drug-likeness (QED) is 0.728. The fourth-order valence-electron chi connectivity index (χ4n) is 2.74. The molecule has 3 rings (SSSR count). The van der Waals surface area contributed by atoms with E-state index in [0.29, 0.717) is 0 Å². The van der Waals surface area contributed by atoms with Crippen molar-refractivity contribution in [1.29, 1.82) is 0 Å². The van der Waals surface area contributed by atoms with Crippen molar-refractivity contribution in [3.63, 3.8) is 0 Å². The van der Waals surface area contributed by atoms with E-state index in [2.05, 4.69) is 74.2 Å². The average molecular weight is 324 g/mol. The Morgan fingerprint density at radius 1 is 1.17 bits per heavy atom. The van der Waals surface area contributed by atoms with Gasteiger partial charge in [-0.3, -0.25) is 4.99 Å². The van der Waals surface area contributed by atoms with Gasteiger partial charge in [-0.25, -0.2) is 4.99 Å². The van der Waals surface area contributed by atoms with Crippen LogP contribution in [-0.4, -0.2) is 58.1 Å². The minimum Gasteiger partial charge on any atom is -0.362 e. The van der Waals surface area contributed by atoms with Crippen LogP contribution in [0.2, 0.25) is 0 Å². The largest absolute Gasteiger partial charge is 0.362 e. The number of hydrogen-bond donors (Lipinski definition) is 0. The number of nitrogens with zero attached hydrogens (tertiary/aromatic N) is 6. The molecule has 6 heteroatoms. The second-order valence-electron chi connectivity index (χ2n) is 6.29. The fourth-order valence-corrected chi connectivity index (χ4v) is 2.74. The predicted molar refractivity (Wildman–Crippen MR) is 98.7 cm³/mol. The number of aliphatic imine (C=N–C) groups is 2. The van der Waals surface area contributed by atoms with Crippen LogP contribution in [0.1, 0.15) is 13.8 Å². The molecule has 0 aromatic heterocycles. The van der Waals surface area contributed by atoms with Crippen molar-refractivity contribution in [2.45, 2.75) is 13.8 Å². The topological polar surface area (TPSA) is 37.7 Å². The minimum atomic E-state index is 0.792. The van der Waals surface area contributed by atoms with E-state index in [1.807, 2.05) is 26.0 Å². The highest BCUT2D eigenvalue weighted by atomic mass is 15.4. The smallest absolute Gasteiger partial charge is 0.0953 e. The highest BCUT2D eigenvalue weighted by Crippen LogP contribution is 2.16. The highest BCUT2D eigenvalue weighted by molar-refractivity contribution is 6.46. The first-order chi connectivity index (χ1) is 11.5. The van der Waals surface area contributed by atoms with Crippen LogP contribution >= 0.6 is 0 Å². The molecule has 0 aliphatic carbocycles. The minimum absolute atomic E-state index is 0.792. The van der Waals surface area contributed by atoms with Gasteiger partial charge in [-0.2, -0.15) is 0 Å². The molecule has 0 amide bonds. The third kappa shape index (κ3) is 3.95. The van der Waals surface area contributed by atoms with Crippen LogP contribution in [0.25, 0.3) is 0 Å². The Balaban J connectivity index is 1.56. The van der Waals surface area contributed by atoms with Gasteiger partial charge >= 0.3 is 0 Å². The van der Waals surface area contributed by atoms with Crippen LogP contribution in [0.5, 0.6) is 0 Å². The zero-order valence-corrected chi connectivity index (χ0v) is 14.6. The Kier molecular flexibility index (Phi) is 4.55. The molecular formula is C18H24N6. The van der Waals surface area contributed by atoms with E-state index < -0.39 is 0 Å². The Bertz CT molecular complexity index is 694. The molecule has 0 aromatic carbocycles. The molecule has 0 radical (unpaired) electrons. The Morgan fingerprint density at radius 2 is 1.92 bits per heavy atom. The third-order valence-corrected chi connectivity index (χ3v) is 3.80. The Labute approximate surface area is 143 Å². The molecule has 3 aliphatic heterocycles. The Hall–Kier alpha value is -2.76. The first-order valence-electron chi connectivity index (χ1n) is 8.00. The maximum Gasteiger partial charge on any atom is 0.0953 e. The molecule has 0 atom stereocenters. The molecule has 126 valence electrons. The molecule has 0 unspecified atom stereocenters. The van der Waals surface area contributed by atoms with Gasteiger partial charge < -0.3 is 19.6 Å². The van der Waals surface area contributed by atoms with E-state index in [9.17, 15) is 0 Å². The van der Waals surface area contributed by atoms with Crippen molar-refractivity contribution in [2.24, 2.45) is 9.98 Å². The molecule has 0 saturated heterocycles. The van der Waals surface area contributed by atoms with Gasteiger partial charge in [-0.1, -0.05) is 6.58 Å². The van der Waals surface area contributed by atoms with Crippen molar-refractivity contribution < 1.29 is 0 Å². The van der Waals surface area contributed by atoms with Crippen molar-refractivity contribution in [2.75, 3.05) is 27.1 Å². The van der Waals surface area contributed by atoms with Gasteiger partial charge in [-0.05, 0) is 26.0 Å². The van der Waals surface area contributed by atoms with Gasteiger partial charge in [0.25, 0.3) is 0 Å². The zero-order chi connectivity index (χ0) is 17.1. The fraction of sp³-hybridized carbons (Fsp3) is 0.333. The monoisotopic (exact) mass is 324 g/mol. The van der Waals surface area contributed by atoms with E-state index in [4.69, 9.17) is 0 Å². The van der Waals surface area contributed by atoms with Crippen molar-refractivity contribution in [1.82, 2.24) is 19.6 Å². The van der Waals surface area contributed by atoms with E-state index in [0.717, 1.165) is 42.8 Å². The summed E-state index contributed by atoms with van der Waals surface area (Å²) in [6, 6.07) is 0. The molecule has 0 bridgehead atoms. The molecule has 24 heavy (non-hydrogen) atoms. The molecule has 0 saturated carbocycles. The molecule has 3 heterocycles. The van der Waals surface area contributed by atoms with Gasteiger partial charge in [0.1, 0.15) is 0 Å². The SMILES string of the molecule is C=C(C)N=C(C)C1=N/C(=C\N2C=CN(CN3C=CN(C)C3)C2)C=C1. The lowest BCUT2D eigenvalue weighted by atomic mass is 10.2. The summed E-state index contributed by atoms with van der Waals surface area (Å²) in [5.74, 6) is 0. The lowest BCUT2D eigenvalue weighted by molar-refractivity contribution is 0.184. The maximum absolute atomic E-state index is 4.62. The number of rotatable bonds is 5. The van der Waals surface area contributed by atoms with Gasteiger partial charge in [0.05, 0.1) is 37.1 Å². The van der Waals surface area contributed by atoms with E-state index in [1.165, 1.54) is 0 Å². The van der Waals surface area contributed by atoms with Crippen LogP contribution in [-0.2, 0) is 0 Å². The lowest BCUT2D eigenvalue weighted by Crippen LogP contribution is -2.34. The zero-order valence-electron chi connectivity index (χ0n) is 14.6. The number of allylic oxidation sites excluding steroid dienone is 3. The summed E-state index contributed by atoms with van der Waals surface area (Å²) >= 11 is 0. The maximum atomic E-state index is 4.62. The summed E-state index contributed by atoms with van der Waals surface area (Å²) < 4.78 is 0. The van der Waals surface area contributed by atoms with Crippen LogP contribution < -0.4 is 0 Å². The summed E-state index contributed by atoms with van der Waals surface area (Å²) in [4.78, 5) is 17.8. The summed E-state index contributed by atoms with van der Waals surface area (Å²) in [7, 11) is 2.08. The van der Waals surface area contributed by atoms with Crippen molar-refractivity contribution in [3.8, 4) is 0 Å². The molecule has 0 fully saturated rings. The summed E-state index contributed by atoms with van der Waals surface area (Å²) in [6.45, 7) is 10.3. The van der Waals surface area contributed by atoms with Crippen molar-refractivity contribution >= 4 is 11.4 Å². The van der Waals surface area contributed by atoms with Crippen LogP contribution in [0, 0.1) is 0 Å². The van der Waals surface area contributed by atoms with E-state index >= 15 is 0 Å². The van der Waals surface area contributed by atoms with E-state index in [1.54, 1.807) is 0 Å². The highest BCUT2D eigenvalue weighted by Gasteiger charge is 2.16. The summed E-state index contributed by atoms with van der Waals surface area (Å²) in [5, 5.41) is 0. The van der Waals surface area contributed by atoms with Gasteiger partial charge in [-0.15, -0.1) is 0 Å². The van der Waals surface area contributed by atoms with Crippen LogP contribution in [0.4, 0.5) is 0 Å². The van der Waals surface area contributed by atoms with Gasteiger partial charge in [0.2, 0.25) is 0 Å². The summed E-state index contributed by atoms with van der Waals surface area (Å²) in [6.07, 6.45) is 14.5. The third-order valence-electron chi connectivity index (χ3n) is 3.80. The molecule has 6 nitrogen and oxygen atoms in total. The van der Waals surface area contributed by atoms with Gasteiger partial charge in [0.15, 0.2) is 0 Å². The van der Waals surface area contributed by atoms with Crippen LogP contribution in [0.15, 0.2) is 71.1 Å². The summed E-state index contributed by atoms with van der Waals surface area (Å²) in [5.41, 5.74) is 3.52. The second kappa shape index (κ2) is 6.78. The predicted octanol–water partition coefficient (Wildman–Crippen LogP) is 2.51. The van der Waals surface area contributed by atoms with Crippen LogP contribution in [0.3, 0.4) is 0 Å². The number of hydrogen-bond acceptors (Lipinski definition) is 6. The molecule has 0 aromatic rings. The Morgan fingerprint density at radius 3 is 2.62 bits per heavy atom. The average Bonchev–Trinajstić information content (AvgIpc) is 3.22. The standard InChI is InChI=1S/C18H24N6/c1-15(2)19-16(3)18-6-5-17(20-18)11-22-9-10-24(13-22)14-23-8-7-21(4)12-23/h5-11H,1,12-14H2,2-4H3/b17-11-,19-16?.